The minimum atomic E-state index is -0.261. The van der Waals surface area contributed by atoms with Gasteiger partial charge < -0.3 is 14.5 Å². The summed E-state index contributed by atoms with van der Waals surface area (Å²) in [6.45, 7) is 10.8. The zero-order chi connectivity index (χ0) is 20.3. The molecule has 0 radical (unpaired) electrons. The zero-order valence-corrected chi connectivity index (χ0v) is 17.1. The first-order chi connectivity index (χ1) is 13.3. The van der Waals surface area contributed by atoms with Gasteiger partial charge >= 0.3 is 0 Å². The van der Waals surface area contributed by atoms with Crippen LogP contribution in [0.3, 0.4) is 0 Å². The maximum atomic E-state index is 12.4. The second-order valence-electron chi connectivity index (χ2n) is 7.44. The molecular formula is C24H27NO3. The van der Waals surface area contributed by atoms with Crippen LogP contribution >= 0.6 is 0 Å². The second kappa shape index (κ2) is 8.34. The fourth-order valence-corrected chi connectivity index (χ4v) is 2.96. The standard InChI is InChI=1S/C24H27NO3/c1-15(2)19-10-9-17(4)22(13-19)28-23-12-11-21(27-23)24(26)25-14-20-8-6-7-16(3)18(20)5/h6-13,15H,14H2,1-5H3,(H,25,26). The molecule has 0 aliphatic rings. The van der Waals surface area contributed by atoms with E-state index in [9.17, 15) is 4.79 Å². The van der Waals surface area contributed by atoms with Crippen LogP contribution in [0.4, 0.5) is 0 Å². The molecule has 0 aliphatic carbocycles. The predicted molar refractivity (Wildman–Crippen MR) is 111 cm³/mol. The van der Waals surface area contributed by atoms with E-state index in [-0.39, 0.29) is 11.7 Å². The SMILES string of the molecule is Cc1ccc(C(C)C)cc1Oc1ccc(C(=O)NCc2cccc(C)c2C)o1. The maximum Gasteiger partial charge on any atom is 0.290 e. The Morgan fingerprint density at radius 2 is 1.82 bits per heavy atom. The van der Waals surface area contributed by atoms with E-state index in [0.29, 0.717) is 18.4 Å². The first-order valence-corrected chi connectivity index (χ1v) is 9.56. The van der Waals surface area contributed by atoms with Crippen molar-refractivity contribution in [2.75, 3.05) is 0 Å². The summed E-state index contributed by atoms with van der Waals surface area (Å²) in [7, 11) is 0. The van der Waals surface area contributed by atoms with E-state index in [4.69, 9.17) is 9.15 Å². The van der Waals surface area contributed by atoms with Crippen molar-refractivity contribution in [2.45, 2.75) is 47.1 Å². The first kappa shape index (κ1) is 19.7. The molecule has 1 aromatic heterocycles. The zero-order valence-electron chi connectivity index (χ0n) is 17.1. The highest BCUT2D eigenvalue weighted by molar-refractivity contribution is 5.91. The lowest BCUT2D eigenvalue weighted by Gasteiger charge is -2.11. The van der Waals surface area contributed by atoms with E-state index in [1.807, 2.05) is 31.2 Å². The number of hydrogen-bond donors (Lipinski definition) is 1. The van der Waals surface area contributed by atoms with Gasteiger partial charge in [0.15, 0.2) is 5.76 Å². The van der Waals surface area contributed by atoms with E-state index in [0.717, 1.165) is 16.9 Å². The summed E-state index contributed by atoms with van der Waals surface area (Å²) in [6, 6.07) is 15.5. The lowest BCUT2D eigenvalue weighted by Crippen LogP contribution is -2.22. The number of rotatable bonds is 6. The molecule has 0 unspecified atom stereocenters. The Balaban J connectivity index is 1.67. The number of aryl methyl sites for hydroxylation is 2. The smallest absolute Gasteiger partial charge is 0.290 e. The topological polar surface area (TPSA) is 51.5 Å². The van der Waals surface area contributed by atoms with E-state index in [1.54, 1.807) is 12.1 Å². The number of hydrogen-bond acceptors (Lipinski definition) is 3. The third kappa shape index (κ3) is 4.45. The van der Waals surface area contributed by atoms with Crippen LogP contribution in [0.5, 0.6) is 11.7 Å². The molecule has 0 bridgehead atoms. The number of amides is 1. The molecule has 0 spiro atoms. The Labute approximate surface area is 166 Å². The van der Waals surface area contributed by atoms with E-state index < -0.39 is 0 Å². The minimum Gasteiger partial charge on any atom is -0.426 e. The fraction of sp³-hybridized carbons (Fsp3) is 0.292. The van der Waals surface area contributed by atoms with Crippen molar-refractivity contribution in [3.8, 4) is 11.7 Å². The van der Waals surface area contributed by atoms with Crippen LogP contribution in [0.25, 0.3) is 0 Å². The van der Waals surface area contributed by atoms with Crippen molar-refractivity contribution in [1.82, 2.24) is 5.32 Å². The summed E-state index contributed by atoms with van der Waals surface area (Å²) in [5.74, 6) is 1.43. The van der Waals surface area contributed by atoms with Crippen molar-refractivity contribution in [2.24, 2.45) is 0 Å². The number of carbonyl (C=O) groups is 1. The van der Waals surface area contributed by atoms with Crippen molar-refractivity contribution in [1.29, 1.82) is 0 Å². The molecule has 4 heteroatoms. The van der Waals surface area contributed by atoms with Gasteiger partial charge in [-0.15, -0.1) is 0 Å². The molecule has 4 nitrogen and oxygen atoms in total. The summed E-state index contributed by atoms with van der Waals surface area (Å²) >= 11 is 0. The van der Waals surface area contributed by atoms with Gasteiger partial charge in [-0.3, -0.25) is 4.79 Å². The number of nitrogens with one attached hydrogen (secondary N) is 1. The number of furan rings is 1. The molecule has 0 aliphatic heterocycles. The quantitative estimate of drug-likeness (QED) is 0.569. The van der Waals surface area contributed by atoms with Gasteiger partial charge in [0.05, 0.1) is 0 Å². The van der Waals surface area contributed by atoms with Crippen LogP contribution in [0.15, 0.2) is 52.9 Å². The number of carbonyl (C=O) groups excluding carboxylic acids is 1. The molecule has 1 heterocycles. The van der Waals surface area contributed by atoms with Gasteiger partial charge in [-0.25, -0.2) is 0 Å². The molecule has 3 rings (SSSR count). The monoisotopic (exact) mass is 377 g/mol. The van der Waals surface area contributed by atoms with E-state index >= 15 is 0 Å². The third-order valence-electron chi connectivity index (χ3n) is 5.05. The van der Waals surface area contributed by atoms with Gasteiger partial charge in [-0.2, -0.15) is 0 Å². The summed E-state index contributed by atoms with van der Waals surface area (Å²) in [4.78, 5) is 12.4. The Morgan fingerprint density at radius 3 is 2.57 bits per heavy atom. The van der Waals surface area contributed by atoms with Crippen LogP contribution < -0.4 is 10.1 Å². The normalized spacial score (nSPS) is 10.9. The maximum absolute atomic E-state index is 12.4. The Morgan fingerprint density at radius 1 is 1.04 bits per heavy atom. The molecule has 2 aromatic carbocycles. The summed E-state index contributed by atoms with van der Waals surface area (Å²) in [6.07, 6.45) is 0. The summed E-state index contributed by atoms with van der Waals surface area (Å²) < 4.78 is 11.5. The summed E-state index contributed by atoms with van der Waals surface area (Å²) in [5.41, 5.74) is 5.70. The predicted octanol–water partition coefficient (Wildman–Crippen LogP) is 6.05. The first-order valence-electron chi connectivity index (χ1n) is 9.56. The van der Waals surface area contributed by atoms with Gasteiger partial charge in [0.25, 0.3) is 11.9 Å². The lowest BCUT2D eigenvalue weighted by molar-refractivity contribution is 0.0918. The van der Waals surface area contributed by atoms with Crippen LogP contribution in [0.2, 0.25) is 0 Å². The van der Waals surface area contributed by atoms with Gasteiger partial charge in [0.2, 0.25) is 0 Å². The van der Waals surface area contributed by atoms with E-state index in [2.05, 4.69) is 45.1 Å². The van der Waals surface area contributed by atoms with Crippen molar-refractivity contribution in [3.05, 3.63) is 82.1 Å². The lowest BCUT2D eigenvalue weighted by atomic mass is 10.0. The highest BCUT2D eigenvalue weighted by Gasteiger charge is 2.14. The van der Waals surface area contributed by atoms with Gasteiger partial charge in [-0.05, 0) is 66.6 Å². The number of benzene rings is 2. The average Bonchev–Trinajstić information content (AvgIpc) is 3.13. The van der Waals surface area contributed by atoms with Crippen LogP contribution in [0, 0.1) is 20.8 Å². The molecular weight excluding hydrogens is 350 g/mol. The highest BCUT2D eigenvalue weighted by Crippen LogP contribution is 2.29. The van der Waals surface area contributed by atoms with Crippen LogP contribution in [-0.2, 0) is 6.54 Å². The highest BCUT2D eigenvalue weighted by atomic mass is 16.6. The average molecular weight is 377 g/mol. The Bertz CT molecular complexity index is 985. The molecule has 28 heavy (non-hydrogen) atoms. The molecule has 1 N–H and O–H groups in total. The van der Waals surface area contributed by atoms with Crippen LogP contribution in [-0.4, -0.2) is 5.91 Å². The molecule has 0 fully saturated rings. The molecule has 1 amide bonds. The molecule has 0 saturated carbocycles. The molecule has 0 saturated heterocycles. The van der Waals surface area contributed by atoms with Crippen molar-refractivity contribution < 1.29 is 13.9 Å². The molecule has 146 valence electrons. The third-order valence-corrected chi connectivity index (χ3v) is 5.05. The van der Waals surface area contributed by atoms with Crippen molar-refractivity contribution in [3.63, 3.8) is 0 Å². The Kier molecular flexibility index (Phi) is 5.88. The molecule has 0 atom stereocenters. The van der Waals surface area contributed by atoms with Gasteiger partial charge in [0.1, 0.15) is 5.75 Å². The van der Waals surface area contributed by atoms with Crippen molar-refractivity contribution >= 4 is 5.91 Å². The van der Waals surface area contributed by atoms with Crippen LogP contribution in [0.1, 0.15) is 58.1 Å². The summed E-state index contributed by atoms with van der Waals surface area (Å²) in [5, 5.41) is 2.91. The Hall–Kier alpha value is -3.01. The van der Waals surface area contributed by atoms with Gasteiger partial charge in [-0.1, -0.05) is 44.2 Å². The number of ether oxygens (including phenoxy) is 1. The van der Waals surface area contributed by atoms with E-state index in [1.165, 1.54) is 16.7 Å². The molecule has 3 aromatic rings. The largest absolute Gasteiger partial charge is 0.426 e. The van der Waals surface area contributed by atoms with Gasteiger partial charge in [0, 0.05) is 12.6 Å². The fourth-order valence-electron chi connectivity index (χ4n) is 2.96. The minimum absolute atomic E-state index is 0.234. The second-order valence-corrected chi connectivity index (χ2v) is 7.44.